The third-order valence-corrected chi connectivity index (χ3v) is 4.79. The molecule has 6 nitrogen and oxygen atoms in total. The summed E-state index contributed by atoms with van der Waals surface area (Å²) in [4.78, 5) is 14.4. The summed E-state index contributed by atoms with van der Waals surface area (Å²) in [6, 6.07) is 2.48. The molecule has 1 saturated carbocycles. The van der Waals surface area contributed by atoms with Crippen molar-refractivity contribution in [2.75, 3.05) is 26.2 Å². The Kier molecular flexibility index (Phi) is 5.33. The molecule has 3 rings (SSSR count). The zero-order chi connectivity index (χ0) is 16.2. The van der Waals surface area contributed by atoms with Crippen LogP contribution in [0.1, 0.15) is 37.1 Å². The number of carbonyl (C=O) groups excluding carboxylic acids is 1. The van der Waals surface area contributed by atoms with Gasteiger partial charge in [0.15, 0.2) is 0 Å². The molecule has 1 atom stereocenters. The van der Waals surface area contributed by atoms with Crippen molar-refractivity contribution in [2.45, 2.75) is 58.2 Å². The molecule has 2 fully saturated rings. The van der Waals surface area contributed by atoms with Gasteiger partial charge in [-0.3, -0.25) is 14.4 Å². The van der Waals surface area contributed by atoms with Crippen molar-refractivity contribution in [3.8, 4) is 0 Å². The van der Waals surface area contributed by atoms with Gasteiger partial charge in [-0.15, -0.1) is 0 Å². The molecule has 1 saturated heterocycles. The van der Waals surface area contributed by atoms with E-state index in [1.165, 1.54) is 12.8 Å². The Bertz CT molecular complexity index is 537. The third kappa shape index (κ3) is 4.54. The van der Waals surface area contributed by atoms with Gasteiger partial charge in [0.05, 0.1) is 31.5 Å². The van der Waals surface area contributed by atoms with E-state index in [0.717, 1.165) is 43.9 Å². The van der Waals surface area contributed by atoms with Crippen molar-refractivity contribution in [1.82, 2.24) is 20.0 Å². The lowest BCUT2D eigenvalue weighted by molar-refractivity contribution is -0.125. The van der Waals surface area contributed by atoms with E-state index in [1.807, 2.05) is 11.6 Å². The van der Waals surface area contributed by atoms with Crippen LogP contribution in [0.4, 0.5) is 0 Å². The monoisotopic (exact) mass is 320 g/mol. The normalized spacial score (nSPS) is 23.3. The molecule has 0 radical (unpaired) electrons. The number of rotatable bonds is 5. The molecular formula is C17H28N4O2. The number of nitrogens with one attached hydrogen (secondary N) is 1. The van der Waals surface area contributed by atoms with Crippen LogP contribution in [0.5, 0.6) is 0 Å². The van der Waals surface area contributed by atoms with Crippen LogP contribution >= 0.6 is 0 Å². The number of aryl methyl sites for hydroxylation is 2. The minimum absolute atomic E-state index is 0.0982. The summed E-state index contributed by atoms with van der Waals surface area (Å²) in [6.07, 6.45) is 4.85. The van der Waals surface area contributed by atoms with Crippen molar-refractivity contribution in [2.24, 2.45) is 0 Å². The van der Waals surface area contributed by atoms with Gasteiger partial charge in [-0.2, -0.15) is 5.10 Å². The van der Waals surface area contributed by atoms with Crippen molar-refractivity contribution in [1.29, 1.82) is 0 Å². The Hall–Kier alpha value is -1.40. The molecule has 2 aliphatic rings. The first-order valence-electron chi connectivity index (χ1n) is 8.74. The average molecular weight is 320 g/mol. The summed E-state index contributed by atoms with van der Waals surface area (Å²) < 4.78 is 7.86. The smallest absolute Gasteiger partial charge is 0.234 e. The minimum Gasteiger partial charge on any atom is -0.374 e. The van der Waals surface area contributed by atoms with E-state index in [1.54, 1.807) is 0 Å². The molecule has 0 aromatic carbocycles. The number of aromatic nitrogens is 2. The molecule has 2 heterocycles. The fraction of sp³-hybridized carbons (Fsp3) is 0.765. The minimum atomic E-state index is 0.0982. The number of ether oxygens (including phenoxy) is 1. The Morgan fingerprint density at radius 2 is 2.17 bits per heavy atom. The van der Waals surface area contributed by atoms with E-state index < -0.39 is 0 Å². The third-order valence-electron chi connectivity index (χ3n) is 4.79. The first kappa shape index (κ1) is 16.5. The highest BCUT2D eigenvalue weighted by Gasteiger charge is 2.24. The maximum absolute atomic E-state index is 12.2. The van der Waals surface area contributed by atoms with Gasteiger partial charge in [-0.25, -0.2) is 0 Å². The summed E-state index contributed by atoms with van der Waals surface area (Å²) in [5.41, 5.74) is 2.19. The largest absolute Gasteiger partial charge is 0.374 e. The number of hydrogen-bond donors (Lipinski definition) is 1. The summed E-state index contributed by atoms with van der Waals surface area (Å²) in [5, 5.41) is 7.66. The van der Waals surface area contributed by atoms with Gasteiger partial charge in [0.1, 0.15) is 0 Å². The van der Waals surface area contributed by atoms with Crippen molar-refractivity contribution in [3.05, 3.63) is 17.5 Å². The van der Waals surface area contributed by atoms with E-state index in [4.69, 9.17) is 4.74 Å². The van der Waals surface area contributed by atoms with Crippen LogP contribution < -0.4 is 5.32 Å². The van der Waals surface area contributed by atoms with Crippen LogP contribution in [0.15, 0.2) is 6.07 Å². The van der Waals surface area contributed by atoms with Crippen LogP contribution in [-0.2, 0) is 16.1 Å². The molecule has 1 aromatic heterocycles. The first-order valence-corrected chi connectivity index (χ1v) is 8.74. The molecule has 1 aromatic rings. The molecule has 23 heavy (non-hydrogen) atoms. The molecule has 128 valence electrons. The van der Waals surface area contributed by atoms with Crippen LogP contribution in [0, 0.1) is 13.8 Å². The predicted molar refractivity (Wildman–Crippen MR) is 88.3 cm³/mol. The molecule has 1 amide bonds. The van der Waals surface area contributed by atoms with E-state index in [2.05, 4.69) is 28.3 Å². The van der Waals surface area contributed by atoms with Gasteiger partial charge in [0, 0.05) is 24.8 Å². The molecule has 1 aliphatic carbocycles. The topological polar surface area (TPSA) is 59.4 Å². The first-order chi connectivity index (χ1) is 11.1. The SMILES string of the molecule is Cc1cc(C)n(CC2CN(CC(=O)NC3CCCC3)CCO2)n1. The van der Waals surface area contributed by atoms with Gasteiger partial charge >= 0.3 is 0 Å². The predicted octanol–water partition coefficient (Wildman–Crippen LogP) is 1.26. The van der Waals surface area contributed by atoms with Crippen LogP contribution in [0.25, 0.3) is 0 Å². The van der Waals surface area contributed by atoms with Gasteiger partial charge in [0.2, 0.25) is 5.91 Å². The Morgan fingerprint density at radius 1 is 1.39 bits per heavy atom. The number of hydrogen-bond acceptors (Lipinski definition) is 4. The number of amides is 1. The van der Waals surface area contributed by atoms with Crippen molar-refractivity contribution in [3.63, 3.8) is 0 Å². The Balaban J connectivity index is 1.47. The second kappa shape index (κ2) is 7.45. The van der Waals surface area contributed by atoms with E-state index in [0.29, 0.717) is 19.2 Å². The van der Waals surface area contributed by atoms with Gasteiger partial charge in [-0.1, -0.05) is 12.8 Å². The lowest BCUT2D eigenvalue weighted by Gasteiger charge is -2.32. The fourth-order valence-electron chi connectivity index (χ4n) is 3.63. The molecule has 1 aliphatic heterocycles. The zero-order valence-corrected chi connectivity index (χ0v) is 14.3. The lowest BCUT2D eigenvalue weighted by atomic mass is 10.2. The van der Waals surface area contributed by atoms with E-state index in [9.17, 15) is 4.79 Å². The maximum Gasteiger partial charge on any atom is 0.234 e. The van der Waals surface area contributed by atoms with E-state index >= 15 is 0 Å². The summed E-state index contributed by atoms with van der Waals surface area (Å²) in [5.74, 6) is 0.156. The molecule has 6 heteroatoms. The van der Waals surface area contributed by atoms with Gasteiger partial charge in [-0.05, 0) is 32.8 Å². The number of morpholine rings is 1. The molecule has 1 unspecified atom stereocenters. The quantitative estimate of drug-likeness (QED) is 0.887. The second-order valence-corrected chi connectivity index (χ2v) is 6.89. The number of carbonyl (C=O) groups is 1. The van der Waals surface area contributed by atoms with Crippen LogP contribution in [0.2, 0.25) is 0 Å². The Morgan fingerprint density at radius 3 is 2.87 bits per heavy atom. The fourth-order valence-corrected chi connectivity index (χ4v) is 3.63. The second-order valence-electron chi connectivity index (χ2n) is 6.89. The summed E-state index contributed by atoms with van der Waals surface area (Å²) in [7, 11) is 0. The maximum atomic E-state index is 12.2. The zero-order valence-electron chi connectivity index (χ0n) is 14.3. The number of nitrogens with zero attached hydrogens (tertiary/aromatic N) is 3. The molecule has 0 bridgehead atoms. The Labute approximate surface area is 138 Å². The average Bonchev–Trinajstić information content (AvgIpc) is 3.09. The standard InChI is InChI=1S/C17H28N4O2/c1-13-9-14(2)21(19-13)11-16-10-20(7-8-23-16)12-17(22)18-15-5-3-4-6-15/h9,15-16H,3-8,10-12H2,1-2H3,(H,18,22). The molecular weight excluding hydrogens is 292 g/mol. The molecule has 0 spiro atoms. The van der Waals surface area contributed by atoms with Gasteiger partial charge < -0.3 is 10.1 Å². The van der Waals surface area contributed by atoms with Gasteiger partial charge in [0.25, 0.3) is 0 Å². The highest BCUT2D eigenvalue weighted by Crippen LogP contribution is 2.17. The summed E-state index contributed by atoms with van der Waals surface area (Å²) >= 11 is 0. The van der Waals surface area contributed by atoms with Crippen LogP contribution in [0.3, 0.4) is 0 Å². The van der Waals surface area contributed by atoms with E-state index in [-0.39, 0.29) is 12.0 Å². The summed E-state index contributed by atoms with van der Waals surface area (Å²) in [6.45, 7) is 7.59. The highest BCUT2D eigenvalue weighted by atomic mass is 16.5. The molecule has 1 N–H and O–H groups in total. The van der Waals surface area contributed by atoms with Crippen LogP contribution in [-0.4, -0.2) is 59.0 Å². The lowest BCUT2D eigenvalue weighted by Crippen LogP contribution is -2.49. The van der Waals surface area contributed by atoms with Crippen molar-refractivity contribution < 1.29 is 9.53 Å². The van der Waals surface area contributed by atoms with Crippen molar-refractivity contribution >= 4 is 5.91 Å². The highest BCUT2D eigenvalue weighted by molar-refractivity contribution is 5.78.